The van der Waals surface area contributed by atoms with Crippen molar-refractivity contribution in [2.45, 2.75) is 18.9 Å². The van der Waals surface area contributed by atoms with Gasteiger partial charge in [0.25, 0.3) is 5.91 Å². The first-order valence-electron chi connectivity index (χ1n) is 8.11. The van der Waals surface area contributed by atoms with Crippen LogP contribution in [0.15, 0.2) is 47.8 Å². The summed E-state index contributed by atoms with van der Waals surface area (Å²) in [7, 11) is 0. The van der Waals surface area contributed by atoms with Gasteiger partial charge < -0.3 is 10.1 Å². The highest BCUT2D eigenvalue weighted by molar-refractivity contribution is 7.13. The van der Waals surface area contributed by atoms with E-state index in [-0.39, 0.29) is 18.6 Å². The van der Waals surface area contributed by atoms with E-state index in [4.69, 9.17) is 4.74 Å². The molecule has 1 N–H and O–H groups in total. The van der Waals surface area contributed by atoms with E-state index in [2.05, 4.69) is 10.3 Å². The Balaban J connectivity index is 1.62. The monoisotopic (exact) mass is 352 g/mol. The van der Waals surface area contributed by atoms with E-state index < -0.39 is 5.97 Å². The molecule has 0 aliphatic heterocycles. The maximum atomic E-state index is 12.6. The van der Waals surface area contributed by atoms with Crippen LogP contribution in [0.5, 0.6) is 0 Å². The second kappa shape index (κ2) is 6.64. The molecular formula is C19H16N2O3S. The average Bonchev–Trinajstić information content (AvgIpc) is 3.27. The summed E-state index contributed by atoms with van der Waals surface area (Å²) in [4.78, 5) is 29.9. The Labute approximate surface area is 148 Å². The van der Waals surface area contributed by atoms with Gasteiger partial charge in [-0.3, -0.25) is 4.79 Å². The smallest absolute Gasteiger partial charge is 0.339 e. The number of pyridine rings is 1. The van der Waals surface area contributed by atoms with Crippen LogP contribution in [0, 0.1) is 0 Å². The zero-order valence-electron chi connectivity index (χ0n) is 13.4. The SMILES string of the molecule is O=C(COC(=O)c1cc(-c2cccs2)nc2ccccc12)NC1CC1. The first-order chi connectivity index (χ1) is 12.2. The lowest BCUT2D eigenvalue weighted by Gasteiger charge is -2.09. The molecule has 5 nitrogen and oxygen atoms in total. The highest BCUT2D eigenvalue weighted by Gasteiger charge is 2.24. The molecule has 0 unspecified atom stereocenters. The third kappa shape index (κ3) is 3.53. The van der Waals surface area contributed by atoms with Gasteiger partial charge in [0.05, 0.1) is 21.7 Å². The van der Waals surface area contributed by atoms with Crippen molar-refractivity contribution in [3.05, 3.63) is 53.4 Å². The lowest BCUT2D eigenvalue weighted by atomic mass is 10.1. The van der Waals surface area contributed by atoms with Gasteiger partial charge in [-0.05, 0) is 36.4 Å². The summed E-state index contributed by atoms with van der Waals surface area (Å²) in [5.41, 5.74) is 1.87. The van der Waals surface area contributed by atoms with E-state index in [1.807, 2.05) is 41.8 Å². The molecule has 1 saturated carbocycles. The molecule has 1 aliphatic rings. The molecule has 6 heteroatoms. The molecule has 25 heavy (non-hydrogen) atoms. The third-order valence-electron chi connectivity index (χ3n) is 3.99. The van der Waals surface area contributed by atoms with Crippen LogP contribution in [0.2, 0.25) is 0 Å². The number of nitrogens with zero attached hydrogens (tertiary/aromatic N) is 1. The molecule has 0 bridgehead atoms. The topological polar surface area (TPSA) is 68.3 Å². The van der Waals surface area contributed by atoms with Crippen molar-refractivity contribution in [2.75, 3.05) is 6.61 Å². The number of hydrogen-bond donors (Lipinski definition) is 1. The van der Waals surface area contributed by atoms with Crippen LogP contribution in [0.25, 0.3) is 21.5 Å². The summed E-state index contributed by atoms with van der Waals surface area (Å²) < 4.78 is 5.22. The van der Waals surface area contributed by atoms with Crippen LogP contribution in [0.1, 0.15) is 23.2 Å². The largest absolute Gasteiger partial charge is 0.452 e. The molecule has 2 aromatic heterocycles. The second-order valence-corrected chi connectivity index (χ2v) is 6.92. The molecular weight excluding hydrogens is 336 g/mol. The maximum Gasteiger partial charge on any atom is 0.339 e. The van der Waals surface area contributed by atoms with E-state index >= 15 is 0 Å². The fraction of sp³-hybridized carbons (Fsp3) is 0.211. The van der Waals surface area contributed by atoms with Crippen molar-refractivity contribution in [2.24, 2.45) is 0 Å². The van der Waals surface area contributed by atoms with E-state index in [0.717, 1.165) is 34.3 Å². The quantitative estimate of drug-likeness (QED) is 0.715. The molecule has 126 valence electrons. The number of rotatable bonds is 5. The van der Waals surface area contributed by atoms with Gasteiger partial charge in [0.15, 0.2) is 6.61 Å². The molecule has 3 aromatic rings. The zero-order chi connectivity index (χ0) is 17.2. The number of carbonyl (C=O) groups is 2. The Morgan fingerprint density at radius 2 is 2.04 bits per heavy atom. The van der Waals surface area contributed by atoms with Crippen LogP contribution in [-0.4, -0.2) is 29.5 Å². The van der Waals surface area contributed by atoms with Crippen LogP contribution in [0.4, 0.5) is 0 Å². The van der Waals surface area contributed by atoms with Crippen molar-refractivity contribution in [3.8, 4) is 10.6 Å². The van der Waals surface area contributed by atoms with E-state index in [9.17, 15) is 9.59 Å². The highest BCUT2D eigenvalue weighted by atomic mass is 32.1. The predicted molar refractivity (Wildman–Crippen MR) is 96.5 cm³/mol. The van der Waals surface area contributed by atoms with E-state index in [0.29, 0.717) is 5.56 Å². The van der Waals surface area contributed by atoms with Crippen molar-refractivity contribution in [3.63, 3.8) is 0 Å². The molecule has 0 atom stereocenters. The number of para-hydroxylation sites is 1. The van der Waals surface area contributed by atoms with Crippen molar-refractivity contribution in [1.82, 2.24) is 10.3 Å². The Morgan fingerprint density at radius 1 is 1.20 bits per heavy atom. The fourth-order valence-electron chi connectivity index (χ4n) is 2.60. The number of fused-ring (bicyclic) bond motifs is 1. The molecule has 2 heterocycles. The number of nitrogens with one attached hydrogen (secondary N) is 1. The number of aromatic nitrogens is 1. The molecule has 4 rings (SSSR count). The predicted octanol–water partition coefficient (Wildman–Crippen LogP) is 3.40. The molecule has 0 saturated heterocycles. The number of amides is 1. The summed E-state index contributed by atoms with van der Waals surface area (Å²) in [5, 5.41) is 5.49. The Kier molecular flexibility index (Phi) is 4.19. The minimum Gasteiger partial charge on any atom is -0.452 e. The Morgan fingerprint density at radius 3 is 2.80 bits per heavy atom. The van der Waals surface area contributed by atoms with E-state index in [1.165, 1.54) is 0 Å². The van der Waals surface area contributed by atoms with Crippen LogP contribution in [0.3, 0.4) is 0 Å². The van der Waals surface area contributed by atoms with Crippen LogP contribution in [-0.2, 0) is 9.53 Å². The molecule has 1 aliphatic carbocycles. The number of carbonyl (C=O) groups excluding carboxylic acids is 2. The normalized spacial score (nSPS) is 13.6. The Bertz CT molecular complexity index is 933. The fourth-order valence-corrected chi connectivity index (χ4v) is 3.29. The third-order valence-corrected chi connectivity index (χ3v) is 4.88. The number of benzene rings is 1. The Hall–Kier alpha value is -2.73. The summed E-state index contributed by atoms with van der Waals surface area (Å²) in [5.74, 6) is -0.768. The summed E-state index contributed by atoms with van der Waals surface area (Å²) in [6.45, 7) is -0.264. The van der Waals surface area contributed by atoms with Gasteiger partial charge in [-0.15, -0.1) is 11.3 Å². The molecule has 1 amide bonds. The zero-order valence-corrected chi connectivity index (χ0v) is 14.2. The molecule has 0 spiro atoms. The minimum atomic E-state index is -0.512. The average molecular weight is 352 g/mol. The number of hydrogen-bond acceptors (Lipinski definition) is 5. The van der Waals surface area contributed by atoms with Gasteiger partial charge in [0, 0.05) is 11.4 Å². The van der Waals surface area contributed by atoms with E-state index in [1.54, 1.807) is 17.4 Å². The lowest BCUT2D eigenvalue weighted by molar-refractivity contribution is -0.124. The van der Waals surface area contributed by atoms with Gasteiger partial charge in [0.1, 0.15) is 0 Å². The highest BCUT2D eigenvalue weighted by Crippen LogP contribution is 2.28. The van der Waals surface area contributed by atoms with Crippen molar-refractivity contribution >= 4 is 34.1 Å². The molecule has 1 aromatic carbocycles. The number of thiophene rings is 1. The molecule has 1 fully saturated rings. The maximum absolute atomic E-state index is 12.6. The lowest BCUT2D eigenvalue weighted by Crippen LogP contribution is -2.30. The van der Waals surface area contributed by atoms with Crippen molar-refractivity contribution < 1.29 is 14.3 Å². The number of ether oxygens (including phenoxy) is 1. The van der Waals surface area contributed by atoms with Gasteiger partial charge in [-0.1, -0.05) is 24.3 Å². The van der Waals surface area contributed by atoms with Crippen LogP contribution >= 0.6 is 11.3 Å². The number of esters is 1. The van der Waals surface area contributed by atoms with Crippen LogP contribution < -0.4 is 5.32 Å². The van der Waals surface area contributed by atoms with Gasteiger partial charge >= 0.3 is 5.97 Å². The minimum absolute atomic E-state index is 0.249. The second-order valence-electron chi connectivity index (χ2n) is 5.97. The summed E-state index contributed by atoms with van der Waals surface area (Å²) >= 11 is 1.56. The van der Waals surface area contributed by atoms with Gasteiger partial charge in [-0.2, -0.15) is 0 Å². The standard InChI is InChI=1S/C19H16N2O3S/c22-18(20-12-7-8-12)11-24-19(23)14-10-16(17-6-3-9-25-17)21-15-5-2-1-4-13(14)15/h1-6,9-10,12H,7-8,11H2,(H,20,22). The van der Waals surface area contributed by atoms with Gasteiger partial charge in [-0.25, -0.2) is 9.78 Å². The van der Waals surface area contributed by atoms with Gasteiger partial charge in [0.2, 0.25) is 0 Å². The first-order valence-corrected chi connectivity index (χ1v) is 8.99. The first kappa shape index (κ1) is 15.8. The summed E-state index contributed by atoms with van der Waals surface area (Å²) in [6.07, 6.45) is 2.00. The summed E-state index contributed by atoms with van der Waals surface area (Å²) in [6, 6.07) is 13.3. The molecule has 0 radical (unpaired) electrons. The van der Waals surface area contributed by atoms with Crippen molar-refractivity contribution in [1.29, 1.82) is 0 Å².